The number of hydrogen-bond acceptors (Lipinski definition) is 3. The van der Waals surface area contributed by atoms with E-state index >= 15 is 0 Å². The third-order valence-corrected chi connectivity index (χ3v) is 4.81. The van der Waals surface area contributed by atoms with Crippen LogP contribution in [0.3, 0.4) is 0 Å². The average Bonchev–Trinajstić information content (AvgIpc) is 3.18. The smallest absolute Gasteiger partial charge is 0.191 e. The maximum atomic E-state index is 4.68. The molecule has 1 saturated heterocycles. The van der Waals surface area contributed by atoms with Gasteiger partial charge >= 0.3 is 0 Å². The zero-order valence-corrected chi connectivity index (χ0v) is 14.1. The van der Waals surface area contributed by atoms with Gasteiger partial charge in [-0.25, -0.2) is 4.99 Å². The van der Waals surface area contributed by atoms with Gasteiger partial charge in [0.2, 0.25) is 0 Å². The SMILES string of the molecule is CCNC(=NCc1cccs1)NCC(CC)N1CCCC1. The largest absolute Gasteiger partial charge is 0.357 e. The van der Waals surface area contributed by atoms with Crippen LogP contribution in [0.25, 0.3) is 0 Å². The van der Waals surface area contributed by atoms with Gasteiger partial charge in [-0.15, -0.1) is 11.3 Å². The van der Waals surface area contributed by atoms with Crippen LogP contribution in [0, 0.1) is 0 Å². The summed E-state index contributed by atoms with van der Waals surface area (Å²) in [6.45, 7) is 9.53. The molecule has 0 radical (unpaired) electrons. The first-order chi connectivity index (χ1) is 10.3. The van der Waals surface area contributed by atoms with Crippen molar-refractivity contribution in [1.82, 2.24) is 15.5 Å². The minimum Gasteiger partial charge on any atom is -0.357 e. The molecule has 4 nitrogen and oxygen atoms in total. The Balaban J connectivity index is 1.84. The van der Waals surface area contributed by atoms with Gasteiger partial charge in [-0.3, -0.25) is 4.90 Å². The fourth-order valence-electron chi connectivity index (χ4n) is 2.75. The van der Waals surface area contributed by atoms with E-state index in [0.29, 0.717) is 6.04 Å². The van der Waals surface area contributed by atoms with E-state index in [1.807, 2.05) is 0 Å². The van der Waals surface area contributed by atoms with Crippen molar-refractivity contribution < 1.29 is 0 Å². The van der Waals surface area contributed by atoms with E-state index in [-0.39, 0.29) is 0 Å². The van der Waals surface area contributed by atoms with Crippen molar-refractivity contribution in [2.45, 2.75) is 45.7 Å². The van der Waals surface area contributed by atoms with Crippen LogP contribution in [-0.4, -0.2) is 43.1 Å². The van der Waals surface area contributed by atoms with Crippen LogP contribution in [0.1, 0.15) is 38.0 Å². The van der Waals surface area contributed by atoms with Gasteiger partial charge in [-0.05, 0) is 50.7 Å². The van der Waals surface area contributed by atoms with E-state index in [2.05, 4.69) is 51.9 Å². The summed E-state index contributed by atoms with van der Waals surface area (Å²) in [4.78, 5) is 8.59. The highest BCUT2D eigenvalue weighted by Crippen LogP contribution is 2.13. The molecule has 0 amide bonds. The van der Waals surface area contributed by atoms with Crippen molar-refractivity contribution in [2.24, 2.45) is 4.99 Å². The highest BCUT2D eigenvalue weighted by Gasteiger charge is 2.20. The lowest BCUT2D eigenvalue weighted by Gasteiger charge is -2.27. The van der Waals surface area contributed by atoms with Gasteiger partial charge in [-0.2, -0.15) is 0 Å². The first-order valence-corrected chi connectivity index (χ1v) is 9.00. The van der Waals surface area contributed by atoms with Crippen molar-refractivity contribution in [3.63, 3.8) is 0 Å². The van der Waals surface area contributed by atoms with Gasteiger partial charge in [0.1, 0.15) is 0 Å². The normalized spacial score (nSPS) is 17.9. The average molecular weight is 308 g/mol. The number of nitrogens with one attached hydrogen (secondary N) is 2. The predicted molar refractivity (Wildman–Crippen MR) is 92.0 cm³/mol. The second-order valence-corrected chi connectivity index (χ2v) is 6.49. The number of likely N-dealkylation sites (tertiary alicyclic amines) is 1. The van der Waals surface area contributed by atoms with E-state index in [0.717, 1.165) is 25.6 Å². The fraction of sp³-hybridized carbons (Fsp3) is 0.688. The Kier molecular flexibility index (Phi) is 7.03. The maximum absolute atomic E-state index is 4.68. The summed E-state index contributed by atoms with van der Waals surface area (Å²) in [5.74, 6) is 0.934. The number of thiophene rings is 1. The third kappa shape index (κ3) is 5.32. The number of guanidine groups is 1. The van der Waals surface area contributed by atoms with Crippen LogP contribution in [0.15, 0.2) is 22.5 Å². The summed E-state index contributed by atoms with van der Waals surface area (Å²) in [6, 6.07) is 4.84. The molecule has 5 heteroatoms. The van der Waals surface area contributed by atoms with Gasteiger partial charge < -0.3 is 10.6 Å². The fourth-order valence-corrected chi connectivity index (χ4v) is 3.38. The third-order valence-electron chi connectivity index (χ3n) is 3.95. The van der Waals surface area contributed by atoms with Gasteiger partial charge in [0, 0.05) is 24.0 Å². The lowest BCUT2D eigenvalue weighted by molar-refractivity contribution is 0.236. The first kappa shape index (κ1) is 16.3. The molecule has 0 aromatic carbocycles. The summed E-state index contributed by atoms with van der Waals surface area (Å²) < 4.78 is 0. The van der Waals surface area contributed by atoms with Gasteiger partial charge in [0.05, 0.1) is 6.54 Å². The van der Waals surface area contributed by atoms with E-state index in [4.69, 9.17) is 0 Å². The highest BCUT2D eigenvalue weighted by atomic mass is 32.1. The molecule has 0 aliphatic carbocycles. The molecule has 2 rings (SSSR count). The summed E-state index contributed by atoms with van der Waals surface area (Å²) >= 11 is 1.76. The van der Waals surface area contributed by atoms with Crippen LogP contribution in [-0.2, 0) is 6.54 Å². The van der Waals surface area contributed by atoms with Crippen molar-refractivity contribution in [3.05, 3.63) is 22.4 Å². The lowest BCUT2D eigenvalue weighted by Crippen LogP contribution is -2.46. The molecule has 1 aliphatic heterocycles. The quantitative estimate of drug-likeness (QED) is 0.601. The van der Waals surface area contributed by atoms with Crippen molar-refractivity contribution in [2.75, 3.05) is 26.2 Å². The van der Waals surface area contributed by atoms with Gasteiger partial charge in [-0.1, -0.05) is 13.0 Å². The number of aliphatic imine (C=N–C) groups is 1. The second-order valence-electron chi connectivity index (χ2n) is 5.46. The van der Waals surface area contributed by atoms with Crippen LogP contribution in [0.4, 0.5) is 0 Å². The van der Waals surface area contributed by atoms with E-state index in [9.17, 15) is 0 Å². The first-order valence-electron chi connectivity index (χ1n) is 8.12. The predicted octanol–water partition coefficient (Wildman–Crippen LogP) is 2.68. The molecule has 1 unspecified atom stereocenters. The molecule has 0 saturated carbocycles. The summed E-state index contributed by atoms with van der Waals surface area (Å²) in [6.07, 6.45) is 3.89. The van der Waals surface area contributed by atoms with Crippen LogP contribution in [0.5, 0.6) is 0 Å². The molecule has 0 bridgehead atoms. The van der Waals surface area contributed by atoms with Gasteiger partial charge in [0.25, 0.3) is 0 Å². The number of nitrogens with zero attached hydrogens (tertiary/aromatic N) is 2. The summed E-state index contributed by atoms with van der Waals surface area (Å²) in [5, 5.41) is 8.96. The Bertz CT molecular complexity index is 410. The molecule has 1 fully saturated rings. The minimum absolute atomic E-state index is 0.623. The monoisotopic (exact) mass is 308 g/mol. The Morgan fingerprint density at radius 2 is 2.14 bits per heavy atom. The van der Waals surface area contributed by atoms with E-state index < -0.39 is 0 Å². The molecule has 1 aromatic rings. The van der Waals surface area contributed by atoms with Crippen molar-refractivity contribution in [3.8, 4) is 0 Å². The molecular weight excluding hydrogens is 280 g/mol. The Morgan fingerprint density at radius 3 is 2.76 bits per heavy atom. The number of hydrogen-bond donors (Lipinski definition) is 2. The molecule has 1 aromatic heterocycles. The summed E-state index contributed by atoms with van der Waals surface area (Å²) in [5.41, 5.74) is 0. The van der Waals surface area contributed by atoms with Crippen LogP contribution in [0.2, 0.25) is 0 Å². The lowest BCUT2D eigenvalue weighted by atomic mass is 10.2. The number of rotatable bonds is 7. The zero-order chi connectivity index (χ0) is 14.9. The second kappa shape index (κ2) is 9.05. The van der Waals surface area contributed by atoms with E-state index in [1.54, 1.807) is 11.3 Å². The topological polar surface area (TPSA) is 39.7 Å². The standard InChI is InChI=1S/C16H28N4S/c1-3-14(20-9-5-6-10-20)12-18-16(17-4-2)19-13-15-8-7-11-21-15/h7-8,11,14H,3-6,9-10,12-13H2,1-2H3,(H2,17,18,19). The van der Waals surface area contributed by atoms with Crippen LogP contribution < -0.4 is 10.6 Å². The minimum atomic E-state index is 0.623. The molecular formula is C16H28N4S. The maximum Gasteiger partial charge on any atom is 0.191 e. The molecule has 0 spiro atoms. The Labute approximate surface area is 132 Å². The summed E-state index contributed by atoms with van der Waals surface area (Å²) in [7, 11) is 0. The highest BCUT2D eigenvalue weighted by molar-refractivity contribution is 7.09. The Hall–Kier alpha value is -1.07. The van der Waals surface area contributed by atoms with Crippen molar-refractivity contribution in [1.29, 1.82) is 0 Å². The zero-order valence-electron chi connectivity index (χ0n) is 13.3. The molecule has 2 N–H and O–H groups in total. The van der Waals surface area contributed by atoms with E-state index in [1.165, 1.54) is 37.2 Å². The van der Waals surface area contributed by atoms with Crippen molar-refractivity contribution >= 4 is 17.3 Å². The Morgan fingerprint density at radius 1 is 1.33 bits per heavy atom. The molecule has 2 heterocycles. The van der Waals surface area contributed by atoms with Crippen LogP contribution >= 0.6 is 11.3 Å². The molecule has 118 valence electrons. The molecule has 1 atom stereocenters. The molecule has 21 heavy (non-hydrogen) atoms. The van der Waals surface area contributed by atoms with Gasteiger partial charge in [0.15, 0.2) is 5.96 Å². The molecule has 1 aliphatic rings.